The molecule has 24 heavy (non-hydrogen) atoms. The summed E-state index contributed by atoms with van der Waals surface area (Å²) in [6.07, 6.45) is 0.252. The zero-order valence-electron chi connectivity index (χ0n) is 13.5. The summed E-state index contributed by atoms with van der Waals surface area (Å²) in [7, 11) is 1.61. The van der Waals surface area contributed by atoms with E-state index < -0.39 is 0 Å². The maximum Gasteiger partial charge on any atom is 0.223 e. The van der Waals surface area contributed by atoms with Crippen molar-refractivity contribution in [3.05, 3.63) is 58.1 Å². The molecule has 0 aliphatic carbocycles. The maximum absolute atomic E-state index is 12.0. The Balaban J connectivity index is 1.79. The minimum absolute atomic E-state index is 0.109. The Morgan fingerprint density at radius 3 is 2.42 bits per heavy atom. The normalized spacial score (nSPS) is 11.7. The lowest BCUT2D eigenvalue weighted by Gasteiger charge is -2.16. The topological polar surface area (TPSA) is 47.6 Å². The Morgan fingerprint density at radius 2 is 1.79 bits per heavy atom. The highest BCUT2D eigenvalue weighted by atomic mass is 35.5. The van der Waals surface area contributed by atoms with E-state index in [-0.39, 0.29) is 18.4 Å². The average molecular weight is 368 g/mol. The summed E-state index contributed by atoms with van der Waals surface area (Å²) in [4.78, 5) is 12.0. The molecule has 1 atom stereocenters. The van der Waals surface area contributed by atoms with E-state index in [1.54, 1.807) is 43.5 Å². The van der Waals surface area contributed by atoms with Gasteiger partial charge in [-0.2, -0.15) is 0 Å². The van der Waals surface area contributed by atoms with Crippen molar-refractivity contribution in [1.82, 2.24) is 5.32 Å². The minimum atomic E-state index is -0.205. The van der Waals surface area contributed by atoms with Crippen molar-refractivity contribution in [2.24, 2.45) is 0 Å². The number of hydrogen-bond donors (Lipinski definition) is 1. The Hall–Kier alpha value is -1.91. The van der Waals surface area contributed by atoms with Crippen molar-refractivity contribution in [3.63, 3.8) is 0 Å². The third-order valence-electron chi connectivity index (χ3n) is 3.46. The summed E-state index contributed by atoms with van der Waals surface area (Å²) >= 11 is 12.0. The van der Waals surface area contributed by atoms with Crippen molar-refractivity contribution < 1.29 is 14.3 Å². The molecule has 0 saturated carbocycles. The van der Waals surface area contributed by atoms with Crippen LogP contribution in [0.15, 0.2) is 42.5 Å². The second-order valence-corrected chi connectivity index (χ2v) is 6.07. The van der Waals surface area contributed by atoms with Gasteiger partial charge in [-0.05, 0) is 48.9 Å². The smallest absolute Gasteiger partial charge is 0.223 e. The van der Waals surface area contributed by atoms with Gasteiger partial charge in [0.15, 0.2) is 0 Å². The quantitative estimate of drug-likeness (QED) is 0.774. The molecule has 6 heteroatoms. The second kappa shape index (κ2) is 8.81. The van der Waals surface area contributed by atoms with E-state index in [4.69, 9.17) is 32.7 Å². The van der Waals surface area contributed by atoms with Gasteiger partial charge in [-0.25, -0.2) is 0 Å². The van der Waals surface area contributed by atoms with Crippen LogP contribution in [0.1, 0.15) is 24.9 Å². The Labute approximate surface area is 151 Å². The molecule has 1 N–H and O–H groups in total. The van der Waals surface area contributed by atoms with E-state index in [2.05, 4.69) is 5.32 Å². The summed E-state index contributed by atoms with van der Waals surface area (Å²) in [5, 5.41) is 3.99. The molecule has 0 aliphatic rings. The lowest BCUT2D eigenvalue weighted by Crippen LogP contribution is -2.28. The molecule has 1 amide bonds. The van der Waals surface area contributed by atoms with Crippen molar-refractivity contribution in [2.45, 2.75) is 19.4 Å². The molecular formula is C18H19Cl2NO3. The zero-order chi connectivity index (χ0) is 17.5. The maximum atomic E-state index is 12.0. The van der Waals surface area contributed by atoms with Crippen LogP contribution in [0.5, 0.6) is 11.5 Å². The number of ether oxygens (including phenoxy) is 2. The average Bonchev–Trinajstić information content (AvgIpc) is 2.55. The molecule has 2 aromatic carbocycles. The van der Waals surface area contributed by atoms with Gasteiger partial charge in [0, 0.05) is 10.0 Å². The molecule has 0 heterocycles. The Kier molecular flexibility index (Phi) is 6.76. The predicted molar refractivity (Wildman–Crippen MR) is 96.1 cm³/mol. The van der Waals surface area contributed by atoms with Gasteiger partial charge in [-0.1, -0.05) is 29.3 Å². The van der Waals surface area contributed by atoms with E-state index in [9.17, 15) is 4.79 Å². The molecular weight excluding hydrogens is 349 g/mol. The number of benzene rings is 2. The van der Waals surface area contributed by atoms with Gasteiger partial charge in [0.2, 0.25) is 5.91 Å². The fraction of sp³-hybridized carbons (Fsp3) is 0.278. The molecule has 0 aliphatic heterocycles. The van der Waals surface area contributed by atoms with Gasteiger partial charge in [0.25, 0.3) is 0 Å². The van der Waals surface area contributed by atoms with Crippen molar-refractivity contribution in [1.29, 1.82) is 0 Å². The van der Waals surface area contributed by atoms with Crippen LogP contribution in [-0.4, -0.2) is 19.6 Å². The van der Waals surface area contributed by atoms with Crippen LogP contribution in [-0.2, 0) is 4.79 Å². The highest BCUT2D eigenvalue weighted by Crippen LogP contribution is 2.26. The highest BCUT2D eigenvalue weighted by molar-refractivity contribution is 6.35. The van der Waals surface area contributed by atoms with Gasteiger partial charge in [-0.15, -0.1) is 0 Å². The first-order chi connectivity index (χ1) is 11.5. The zero-order valence-corrected chi connectivity index (χ0v) is 15.0. The predicted octanol–water partition coefficient (Wildman–Crippen LogP) is 4.65. The number of carbonyl (C=O) groups is 1. The number of amides is 1. The largest absolute Gasteiger partial charge is 0.497 e. The molecule has 128 valence electrons. The highest BCUT2D eigenvalue weighted by Gasteiger charge is 2.13. The van der Waals surface area contributed by atoms with E-state index in [1.165, 1.54) is 0 Å². The molecule has 2 aromatic rings. The lowest BCUT2D eigenvalue weighted by molar-refractivity contribution is -0.122. The lowest BCUT2D eigenvalue weighted by atomic mass is 10.1. The van der Waals surface area contributed by atoms with E-state index in [0.29, 0.717) is 22.4 Å². The van der Waals surface area contributed by atoms with Crippen LogP contribution in [0.4, 0.5) is 0 Å². The van der Waals surface area contributed by atoms with E-state index in [0.717, 1.165) is 11.3 Å². The van der Waals surface area contributed by atoms with Gasteiger partial charge in [0.05, 0.1) is 26.2 Å². The molecule has 0 fully saturated rings. The summed E-state index contributed by atoms with van der Waals surface area (Å²) in [5.74, 6) is 1.34. The van der Waals surface area contributed by atoms with Crippen LogP contribution < -0.4 is 14.8 Å². The monoisotopic (exact) mass is 367 g/mol. The van der Waals surface area contributed by atoms with Gasteiger partial charge in [0.1, 0.15) is 11.5 Å². The van der Waals surface area contributed by atoms with Crippen LogP contribution in [0.2, 0.25) is 10.0 Å². The minimum Gasteiger partial charge on any atom is -0.497 e. The fourth-order valence-electron chi connectivity index (χ4n) is 2.18. The molecule has 0 bridgehead atoms. The van der Waals surface area contributed by atoms with Gasteiger partial charge < -0.3 is 14.8 Å². The number of nitrogens with one attached hydrogen (secondary N) is 1. The van der Waals surface area contributed by atoms with Gasteiger partial charge >= 0.3 is 0 Å². The molecule has 0 spiro atoms. The number of rotatable bonds is 7. The van der Waals surface area contributed by atoms with Crippen molar-refractivity contribution in [3.8, 4) is 11.5 Å². The van der Waals surface area contributed by atoms with E-state index >= 15 is 0 Å². The van der Waals surface area contributed by atoms with Crippen molar-refractivity contribution >= 4 is 29.1 Å². The Morgan fingerprint density at radius 1 is 1.12 bits per heavy atom. The number of methoxy groups -OCH3 is 1. The summed E-state index contributed by atoms with van der Waals surface area (Å²) in [6, 6.07) is 12.2. The summed E-state index contributed by atoms with van der Waals surface area (Å²) < 4.78 is 10.6. The first-order valence-electron chi connectivity index (χ1n) is 7.50. The summed E-state index contributed by atoms with van der Waals surface area (Å²) in [6.45, 7) is 2.16. The Bertz CT molecular complexity index is 689. The molecule has 0 aromatic heterocycles. The fourth-order valence-corrected chi connectivity index (χ4v) is 2.75. The first kappa shape index (κ1) is 18.4. The SMILES string of the molecule is COc1ccc(OCCC(=O)NC(C)c2ccc(Cl)cc2Cl)cc1. The van der Waals surface area contributed by atoms with Crippen LogP contribution in [0, 0.1) is 0 Å². The number of halogens is 2. The van der Waals surface area contributed by atoms with Gasteiger partial charge in [-0.3, -0.25) is 4.79 Å². The molecule has 1 unspecified atom stereocenters. The number of carbonyl (C=O) groups excluding carboxylic acids is 1. The molecule has 0 radical (unpaired) electrons. The summed E-state index contributed by atoms with van der Waals surface area (Å²) in [5.41, 5.74) is 0.825. The first-order valence-corrected chi connectivity index (χ1v) is 8.26. The molecule has 2 rings (SSSR count). The standard InChI is InChI=1S/C18H19Cl2NO3/c1-12(16-8-3-13(19)11-17(16)20)21-18(22)9-10-24-15-6-4-14(23-2)5-7-15/h3-8,11-12H,9-10H2,1-2H3,(H,21,22). The number of hydrogen-bond acceptors (Lipinski definition) is 3. The molecule has 0 saturated heterocycles. The molecule has 4 nitrogen and oxygen atoms in total. The van der Waals surface area contributed by atoms with Crippen molar-refractivity contribution in [2.75, 3.05) is 13.7 Å². The second-order valence-electron chi connectivity index (χ2n) is 5.23. The van der Waals surface area contributed by atoms with Crippen LogP contribution in [0.3, 0.4) is 0 Å². The third kappa shape index (κ3) is 5.32. The van der Waals surface area contributed by atoms with Crippen LogP contribution in [0.25, 0.3) is 0 Å². The van der Waals surface area contributed by atoms with Crippen LogP contribution >= 0.6 is 23.2 Å². The third-order valence-corrected chi connectivity index (χ3v) is 4.03. The van der Waals surface area contributed by atoms with E-state index in [1.807, 2.05) is 13.0 Å².